The highest BCUT2D eigenvalue weighted by Gasteiger charge is 2.26. The first-order chi connectivity index (χ1) is 11.7. The van der Waals surface area contributed by atoms with Crippen LogP contribution in [-0.2, 0) is 4.74 Å². The number of rotatable bonds is 2. The van der Waals surface area contributed by atoms with Crippen molar-refractivity contribution in [1.82, 2.24) is 15.1 Å². The standard InChI is InChI=1S/C18H16ClN3O2/c19-15-3-1-2-12(8-15)17-11-22(6-7-24-17)18(23)13-4-5-14-10-20-21-16(14)9-13/h1-5,8-10,17H,6-7,11H2,(H,20,21). The first kappa shape index (κ1) is 15.2. The van der Waals surface area contributed by atoms with E-state index in [1.807, 2.05) is 47.4 Å². The summed E-state index contributed by atoms with van der Waals surface area (Å²) in [5.41, 5.74) is 2.50. The average molecular weight is 342 g/mol. The van der Waals surface area contributed by atoms with E-state index >= 15 is 0 Å². The molecule has 0 aliphatic carbocycles. The molecule has 122 valence electrons. The number of amides is 1. The van der Waals surface area contributed by atoms with E-state index < -0.39 is 0 Å². The van der Waals surface area contributed by atoms with Gasteiger partial charge in [0.25, 0.3) is 5.91 Å². The number of hydrogen-bond acceptors (Lipinski definition) is 3. The molecular formula is C18H16ClN3O2. The number of H-pyrrole nitrogens is 1. The molecule has 1 fully saturated rings. The molecule has 1 atom stereocenters. The number of aromatic amines is 1. The second-order valence-corrected chi connectivity index (χ2v) is 6.27. The molecule has 2 heterocycles. The molecule has 1 N–H and O–H groups in total. The van der Waals surface area contributed by atoms with Crippen molar-refractivity contribution in [3.05, 3.63) is 64.8 Å². The number of ether oxygens (including phenoxy) is 1. The number of hydrogen-bond donors (Lipinski definition) is 1. The monoisotopic (exact) mass is 341 g/mol. The summed E-state index contributed by atoms with van der Waals surface area (Å²) >= 11 is 6.06. The van der Waals surface area contributed by atoms with Crippen molar-refractivity contribution in [3.8, 4) is 0 Å². The summed E-state index contributed by atoms with van der Waals surface area (Å²) < 4.78 is 5.82. The van der Waals surface area contributed by atoms with Crippen molar-refractivity contribution in [3.63, 3.8) is 0 Å². The van der Waals surface area contributed by atoms with E-state index in [2.05, 4.69) is 10.2 Å². The molecule has 1 unspecified atom stereocenters. The Bertz CT molecular complexity index is 893. The molecular weight excluding hydrogens is 326 g/mol. The van der Waals surface area contributed by atoms with Gasteiger partial charge >= 0.3 is 0 Å². The van der Waals surface area contributed by atoms with Gasteiger partial charge in [0.15, 0.2) is 0 Å². The minimum atomic E-state index is -0.155. The van der Waals surface area contributed by atoms with Gasteiger partial charge in [-0.1, -0.05) is 29.8 Å². The molecule has 4 rings (SSSR count). The highest BCUT2D eigenvalue weighted by molar-refractivity contribution is 6.30. The molecule has 1 amide bonds. The van der Waals surface area contributed by atoms with E-state index in [0.29, 0.717) is 30.3 Å². The third kappa shape index (κ3) is 2.88. The lowest BCUT2D eigenvalue weighted by Crippen LogP contribution is -2.42. The molecule has 2 aromatic carbocycles. The SMILES string of the molecule is O=C(c1ccc2cn[nH]c2c1)N1CCOC(c2cccc(Cl)c2)C1. The maximum atomic E-state index is 12.8. The van der Waals surface area contributed by atoms with Crippen molar-refractivity contribution in [2.24, 2.45) is 0 Å². The lowest BCUT2D eigenvalue weighted by Gasteiger charge is -2.33. The Labute approximate surface area is 144 Å². The first-order valence-corrected chi connectivity index (χ1v) is 8.18. The van der Waals surface area contributed by atoms with Crippen LogP contribution in [-0.4, -0.2) is 40.7 Å². The summed E-state index contributed by atoms with van der Waals surface area (Å²) in [6.07, 6.45) is 1.59. The van der Waals surface area contributed by atoms with Crippen LogP contribution in [0.4, 0.5) is 0 Å². The molecule has 24 heavy (non-hydrogen) atoms. The fourth-order valence-corrected chi connectivity index (χ4v) is 3.19. The van der Waals surface area contributed by atoms with Gasteiger partial charge < -0.3 is 9.64 Å². The van der Waals surface area contributed by atoms with Gasteiger partial charge in [-0.25, -0.2) is 0 Å². The summed E-state index contributed by atoms with van der Waals surface area (Å²) in [5.74, 6) is 0.00169. The molecule has 1 aliphatic rings. The Morgan fingerprint density at radius 1 is 1.29 bits per heavy atom. The summed E-state index contributed by atoms with van der Waals surface area (Å²) in [6, 6.07) is 13.2. The highest BCUT2D eigenvalue weighted by atomic mass is 35.5. The Morgan fingerprint density at radius 2 is 2.21 bits per heavy atom. The molecule has 0 saturated carbocycles. The maximum Gasteiger partial charge on any atom is 0.254 e. The van der Waals surface area contributed by atoms with E-state index in [4.69, 9.17) is 16.3 Å². The molecule has 3 aromatic rings. The van der Waals surface area contributed by atoms with Crippen molar-refractivity contribution in [2.75, 3.05) is 19.7 Å². The van der Waals surface area contributed by atoms with E-state index in [1.54, 1.807) is 6.20 Å². The molecule has 0 bridgehead atoms. The molecule has 0 spiro atoms. The van der Waals surface area contributed by atoms with Gasteiger partial charge in [0.2, 0.25) is 0 Å². The Morgan fingerprint density at radius 3 is 3.08 bits per heavy atom. The first-order valence-electron chi connectivity index (χ1n) is 7.80. The van der Waals surface area contributed by atoms with Crippen LogP contribution in [0.2, 0.25) is 5.02 Å². The van der Waals surface area contributed by atoms with Crippen LogP contribution in [0.3, 0.4) is 0 Å². The maximum absolute atomic E-state index is 12.8. The van der Waals surface area contributed by atoms with Crippen LogP contribution in [0.1, 0.15) is 22.0 Å². The minimum Gasteiger partial charge on any atom is -0.370 e. The Kier molecular flexibility index (Phi) is 3.96. The lowest BCUT2D eigenvalue weighted by molar-refractivity contribution is -0.0228. The van der Waals surface area contributed by atoms with E-state index in [9.17, 15) is 4.79 Å². The summed E-state index contributed by atoms with van der Waals surface area (Å²) in [5, 5.41) is 8.55. The average Bonchev–Trinajstić information content (AvgIpc) is 3.09. The van der Waals surface area contributed by atoms with Crippen LogP contribution in [0.25, 0.3) is 10.9 Å². The second-order valence-electron chi connectivity index (χ2n) is 5.84. The topological polar surface area (TPSA) is 58.2 Å². The number of nitrogens with zero attached hydrogens (tertiary/aromatic N) is 2. The number of nitrogens with one attached hydrogen (secondary N) is 1. The minimum absolute atomic E-state index is 0.00169. The number of benzene rings is 2. The zero-order valence-electron chi connectivity index (χ0n) is 12.9. The highest BCUT2D eigenvalue weighted by Crippen LogP contribution is 2.25. The summed E-state index contributed by atoms with van der Waals surface area (Å²) in [6.45, 7) is 1.60. The largest absolute Gasteiger partial charge is 0.370 e. The third-order valence-electron chi connectivity index (χ3n) is 4.26. The van der Waals surface area contributed by atoms with Gasteiger partial charge in [-0.3, -0.25) is 9.89 Å². The van der Waals surface area contributed by atoms with Crippen LogP contribution in [0.15, 0.2) is 48.7 Å². The van der Waals surface area contributed by atoms with Crippen molar-refractivity contribution < 1.29 is 9.53 Å². The molecule has 6 heteroatoms. The van der Waals surface area contributed by atoms with Crippen molar-refractivity contribution >= 4 is 28.4 Å². The van der Waals surface area contributed by atoms with E-state index in [-0.39, 0.29) is 12.0 Å². The van der Waals surface area contributed by atoms with E-state index in [0.717, 1.165) is 16.5 Å². The van der Waals surface area contributed by atoms with Crippen molar-refractivity contribution in [1.29, 1.82) is 0 Å². The number of aromatic nitrogens is 2. The Balaban J connectivity index is 1.55. The predicted octanol–water partition coefficient (Wildman–Crippen LogP) is 3.43. The van der Waals surface area contributed by atoms with Crippen LogP contribution >= 0.6 is 11.6 Å². The number of carbonyl (C=O) groups excluding carboxylic acids is 1. The molecule has 1 aromatic heterocycles. The van der Waals surface area contributed by atoms with Crippen LogP contribution in [0.5, 0.6) is 0 Å². The zero-order chi connectivity index (χ0) is 16.5. The molecule has 5 nitrogen and oxygen atoms in total. The molecule has 0 radical (unpaired) electrons. The predicted molar refractivity (Wildman–Crippen MR) is 92.1 cm³/mol. The number of morpholine rings is 1. The van der Waals surface area contributed by atoms with Crippen LogP contribution < -0.4 is 0 Å². The fraction of sp³-hybridized carbons (Fsp3) is 0.222. The number of carbonyl (C=O) groups is 1. The van der Waals surface area contributed by atoms with E-state index in [1.165, 1.54) is 0 Å². The molecule has 1 saturated heterocycles. The zero-order valence-corrected chi connectivity index (χ0v) is 13.7. The second kappa shape index (κ2) is 6.26. The summed E-state index contributed by atoms with van der Waals surface area (Å²) in [4.78, 5) is 14.6. The smallest absolute Gasteiger partial charge is 0.254 e. The van der Waals surface area contributed by atoms with Gasteiger partial charge in [-0.15, -0.1) is 0 Å². The van der Waals surface area contributed by atoms with Crippen LogP contribution in [0, 0.1) is 0 Å². The normalized spacial score (nSPS) is 18.0. The Hall–Kier alpha value is -2.37. The van der Waals surface area contributed by atoms with Gasteiger partial charge in [0, 0.05) is 22.5 Å². The van der Waals surface area contributed by atoms with Gasteiger partial charge in [0.1, 0.15) is 6.10 Å². The quantitative estimate of drug-likeness (QED) is 0.777. The number of fused-ring (bicyclic) bond motifs is 1. The summed E-state index contributed by atoms with van der Waals surface area (Å²) in [7, 11) is 0. The third-order valence-corrected chi connectivity index (χ3v) is 4.50. The van der Waals surface area contributed by atoms with Gasteiger partial charge in [0.05, 0.1) is 24.9 Å². The fourth-order valence-electron chi connectivity index (χ4n) is 2.99. The molecule has 1 aliphatic heterocycles. The lowest BCUT2D eigenvalue weighted by atomic mass is 10.1. The van der Waals surface area contributed by atoms with Gasteiger partial charge in [-0.05, 0) is 29.8 Å². The van der Waals surface area contributed by atoms with Gasteiger partial charge in [-0.2, -0.15) is 5.10 Å². The van der Waals surface area contributed by atoms with Crippen molar-refractivity contribution in [2.45, 2.75) is 6.10 Å². The number of halogens is 1.